The smallest absolute Gasteiger partial charge is 0.303 e. The normalized spacial score (nSPS) is 27.0. The van der Waals surface area contributed by atoms with Crippen LogP contribution in [0.15, 0.2) is 54.6 Å². The Morgan fingerprint density at radius 1 is 0.818 bits per heavy atom. The molecule has 3 aliphatic rings. The van der Waals surface area contributed by atoms with E-state index in [4.69, 9.17) is 28.4 Å². The third kappa shape index (κ3) is 9.83. The maximum absolute atomic E-state index is 15.5. The Morgan fingerprint density at radius 2 is 1.51 bits per heavy atom. The van der Waals surface area contributed by atoms with Crippen molar-refractivity contribution in [2.45, 2.75) is 101 Å². The van der Waals surface area contributed by atoms with E-state index >= 15 is 4.39 Å². The minimum Gasteiger partial charge on any atom is -0.489 e. The summed E-state index contributed by atoms with van der Waals surface area (Å²) in [6, 6.07) is 14.2. The van der Waals surface area contributed by atoms with Gasteiger partial charge in [0.1, 0.15) is 40.8 Å². The van der Waals surface area contributed by atoms with E-state index in [2.05, 4.69) is 4.90 Å². The molecule has 3 aromatic carbocycles. The van der Waals surface area contributed by atoms with E-state index in [9.17, 15) is 23.2 Å². The average molecular weight is 786 g/mol. The van der Waals surface area contributed by atoms with Gasteiger partial charge in [-0.15, -0.1) is 11.8 Å². The molecule has 3 aliphatic heterocycles. The zero-order chi connectivity index (χ0) is 39.4. The van der Waals surface area contributed by atoms with Crippen LogP contribution in [-0.2, 0) is 44.5 Å². The Labute approximate surface area is 322 Å². The first kappa shape index (κ1) is 40.6. The zero-order valence-corrected chi connectivity index (χ0v) is 32.2. The highest BCUT2D eigenvalue weighted by atomic mass is 32.2. The molecule has 0 saturated carbocycles. The molecule has 0 aromatic heterocycles. The van der Waals surface area contributed by atoms with Crippen LogP contribution >= 0.6 is 11.8 Å². The number of carbonyl (C=O) groups is 3. The zero-order valence-electron chi connectivity index (χ0n) is 31.4. The molecule has 3 heterocycles. The molecule has 0 spiro atoms. The maximum Gasteiger partial charge on any atom is 0.303 e. The summed E-state index contributed by atoms with van der Waals surface area (Å²) in [7, 11) is 0. The van der Waals surface area contributed by atoms with Crippen LogP contribution in [-0.4, -0.2) is 84.7 Å². The largest absolute Gasteiger partial charge is 0.489 e. The van der Waals surface area contributed by atoms with Crippen LogP contribution in [0.2, 0.25) is 0 Å². The highest BCUT2D eigenvalue weighted by molar-refractivity contribution is 7.99. The van der Waals surface area contributed by atoms with Crippen molar-refractivity contribution < 1.29 is 56.0 Å². The van der Waals surface area contributed by atoms with Crippen molar-refractivity contribution in [2.24, 2.45) is 0 Å². The minimum atomic E-state index is -1.19. The highest BCUT2D eigenvalue weighted by Crippen LogP contribution is 2.42. The van der Waals surface area contributed by atoms with Crippen molar-refractivity contribution in [3.05, 3.63) is 99.9 Å². The van der Waals surface area contributed by atoms with Crippen LogP contribution in [0.5, 0.6) is 5.75 Å². The number of likely N-dealkylation sites (tertiary alicyclic amines) is 1. The van der Waals surface area contributed by atoms with Gasteiger partial charge in [0.2, 0.25) is 0 Å². The van der Waals surface area contributed by atoms with E-state index in [0.29, 0.717) is 42.0 Å². The number of ether oxygens (including phenoxy) is 6. The van der Waals surface area contributed by atoms with E-state index in [1.54, 1.807) is 19.2 Å². The molecule has 3 fully saturated rings. The lowest BCUT2D eigenvalue weighted by Gasteiger charge is -2.44. The number of thioether (sulfide) groups is 1. The highest BCUT2D eigenvalue weighted by Gasteiger charge is 2.52. The Hall–Kier alpha value is -4.11. The molecule has 55 heavy (non-hydrogen) atoms. The van der Waals surface area contributed by atoms with Crippen LogP contribution in [0, 0.1) is 24.4 Å². The van der Waals surface area contributed by atoms with Crippen molar-refractivity contribution in [3.63, 3.8) is 0 Å². The van der Waals surface area contributed by atoms with Gasteiger partial charge in [-0.2, -0.15) is 0 Å². The third-order valence-electron chi connectivity index (χ3n) is 10.2. The van der Waals surface area contributed by atoms with Crippen LogP contribution in [0.1, 0.15) is 80.1 Å². The molecular formula is C41H46F3NO9S. The van der Waals surface area contributed by atoms with Crippen LogP contribution in [0.3, 0.4) is 0 Å². The molecule has 0 N–H and O–H groups in total. The fourth-order valence-corrected chi connectivity index (χ4v) is 8.41. The summed E-state index contributed by atoms with van der Waals surface area (Å²) >= 11 is 1.23. The molecule has 8 atom stereocenters. The van der Waals surface area contributed by atoms with Crippen LogP contribution in [0.25, 0.3) is 0 Å². The van der Waals surface area contributed by atoms with Gasteiger partial charge in [-0.3, -0.25) is 19.3 Å². The Kier molecular flexibility index (Phi) is 13.1. The number of benzene rings is 3. The number of nitrogens with zero attached hydrogens (tertiary/aromatic N) is 1. The van der Waals surface area contributed by atoms with E-state index in [-0.39, 0.29) is 24.1 Å². The minimum absolute atomic E-state index is 0.0386. The second-order valence-corrected chi connectivity index (χ2v) is 15.2. The summed E-state index contributed by atoms with van der Waals surface area (Å²) in [6.45, 7) is 7.32. The number of esters is 3. The number of halogens is 3. The standard InChI is InChI=1S/C41H46F3NO9S/c1-22-16-35(44)27(18-32(22)37-38(50-23(2)46)39(51-24(3)47)40(52-25(4)48)41(54-37)55-5)17-26-6-10-30(11-7-26)53-31-14-15-45(20-31)29-9-13-36(49-21-29)33-19-28(42)8-12-34(33)43/h6-8,10-12,16,18-19,29,31,36-41H,9,13-15,17,20-21H2,1-5H3/t29-,31-,36+,37+,38+,39-,40+,41-/m1/s1. The summed E-state index contributed by atoms with van der Waals surface area (Å²) in [5.41, 5.74) is 1.73. The average Bonchev–Trinajstić information content (AvgIpc) is 3.61. The summed E-state index contributed by atoms with van der Waals surface area (Å²) in [4.78, 5) is 38.9. The van der Waals surface area contributed by atoms with Gasteiger partial charge in [0.05, 0.1) is 12.7 Å². The van der Waals surface area contributed by atoms with Gasteiger partial charge in [0.15, 0.2) is 18.3 Å². The molecule has 14 heteroatoms. The molecule has 0 unspecified atom stereocenters. The first-order valence-electron chi connectivity index (χ1n) is 18.3. The van der Waals surface area contributed by atoms with Crippen LogP contribution in [0.4, 0.5) is 13.2 Å². The molecule has 3 aromatic rings. The second kappa shape index (κ2) is 17.8. The van der Waals surface area contributed by atoms with Gasteiger partial charge in [-0.05, 0) is 97.2 Å². The molecule has 0 amide bonds. The summed E-state index contributed by atoms with van der Waals surface area (Å²) in [6.07, 6.45) is -0.720. The molecule has 3 saturated heterocycles. The van der Waals surface area contributed by atoms with Gasteiger partial charge in [-0.25, -0.2) is 13.2 Å². The monoisotopic (exact) mass is 785 g/mol. The van der Waals surface area contributed by atoms with Crippen molar-refractivity contribution >= 4 is 29.7 Å². The molecule has 0 aliphatic carbocycles. The number of aryl methyl sites for hydroxylation is 1. The molecule has 0 bridgehead atoms. The van der Waals surface area contributed by atoms with Crippen molar-refractivity contribution in [3.8, 4) is 5.75 Å². The SMILES string of the molecule is CS[C@H]1O[C@@H](c2cc(Cc3ccc(O[C@@H]4CCN([C@@H]5CC[C@@H](c6cc(F)ccc6F)OC5)C4)cc3)c(F)cc2C)[C@H](OC(C)=O)[C@@H](OC(C)=O)[C@@H]1OC(C)=O. The predicted octanol–water partition coefficient (Wildman–Crippen LogP) is 6.93. The Balaban J connectivity index is 1.11. The van der Waals surface area contributed by atoms with E-state index < -0.39 is 71.3 Å². The fourth-order valence-electron chi connectivity index (χ4n) is 7.70. The molecule has 296 valence electrons. The van der Waals surface area contributed by atoms with Gasteiger partial charge in [-0.1, -0.05) is 12.1 Å². The van der Waals surface area contributed by atoms with Crippen LogP contribution < -0.4 is 4.74 Å². The van der Waals surface area contributed by atoms with Crippen molar-refractivity contribution in [2.75, 3.05) is 26.0 Å². The lowest BCUT2D eigenvalue weighted by Crippen LogP contribution is -2.57. The lowest BCUT2D eigenvalue weighted by atomic mass is 9.89. The van der Waals surface area contributed by atoms with Gasteiger partial charge in [0, 0.05) is 51.9 Å². The summed E-state index contributed by atoms with van der Waals surface area (Å²) in [5.74, 6) is -2.64. The van der Waals surface area contributed by atoms with E-state index in [1.807, 2.05) is 24.3 Å². The van der Waals surface area contributed by atoms with Gasteiger partial charge < -0.3 is 28.4 Å². The van der Waals surface area contributed by atoms with Gasteiger partial charge in [0.25, 0.3) is 0 Å². The second-order valence-electron chi connectivity index (χ2n) is 14.2. The quantitative estimate of drug-likeness (QED) is 0.149. The number of carbonyl (C=O) groups excluding carboxylic acids is 3. The summed E-state index contributed by atoms with van der Waals surface area (Å²) in [5, 5.41) is 0. The fraction of sp³-hybridized carbons (Fsp3) is 0.488. The Morgan fingerprint density at radius 3 is 2.16 bits per heavy atom. The van der Waals surface area contributed by atoms with Crippen molar-refractivity contribution in [1.82, 2.24) is 4.90 Å². The number of hydrogen-bond donors (Lipinski definition) is 0. The first-order valence-corrected chi connectivity index (χ1v) is 19.6. The van der Waals surface area contributed by atoms with Crippen molar-refractivity contribution in [1.29, 1.82) is 0 Å². The molecule has 6 rings (SSSR count). The number of hydrogen-bond acceptors (Lipinski definition) is 11. The summed E-state index contributed by atoms with van der Waals surface area (Å²) < 4.78 is 79.0. The topological polar surface area (TPSA) is 110 Å². The third-order valence-corrected chi connectivity index (χ3v) is 11.1. The molecule has 10 nitrogen and oxygen atoms in total. The molecule has 0 radical (unpaired) electrons. The number of rotatable bonds is 11. The maximum atomic E-state index is 15.5. The Bertz CT molecular complexity index is 1860. The lowest BCUT2D eigenvalue weighted by molar-refractivity contribution is -0.233. The first-order chi connectivity index (χ1) is 26.3. The molecular weight excluding hydrogens is 740 g/mol. The van der Waals surface area contributed by atoms with E-state index in [1.165, 1.54) is 44.7 Å². The predicted molar refractivity (Wildman–Crippen MR) is 197 cm³/mol. The van der Waals surface area contributed by atoms with E-state index in [0.717, 1.165) is 37.1 Å². The van der Waals surface area contributed by atoms with Gasteiger partial charge >= 0.3 is 17.9 Å².